The molecule has 2 saturated heterocycles. The Labute approximate surface area is 132 Å². The standard InChI is InChI=1S/C17H26N4O/c1-19(2)16(22)21-10-6-17(7-11-21)5-9-20(14-17)13-15-4-3-8-18-12-15/h3-4,8,12H,5-7,9-11,13-14H2,1-2H3. The minimum atomic E-state index is 0.153. The summed E-state index contributed by atoms with van der Waals surface area (Å²) in [6.45, 7) is 5.12. The molecular formula is C17H26N4O. The monoisotopic (exact) mass is 302 g/mol. The minimum absolute atomic E-state index is 0.153. The molecule has 0 saturated carbocycles. The molecule has 3 heterocycles. The van der Waals surface area contributed by atoms with Crippen molar-refractivity contribution in [2.75, 3.05) is 40.3 Å². The van der Waals surface area contributed by atoms with E-state index in [0.29, 0.717) is 5.41 Å². The summed E-state index contributed by atoms with van der Waals surface area (Å²) in [6.07, 6.45) is 7.32. The van der Waals surface area contributed by atoms with Gasteiger partial charge in [-0.25, -0.2) is 4.79 Å². The first-order valence-electron chi connectivity index (χ1n) is 8.16. The summed E-state index contributed by atoms with van der Waals surface area (Å²) >= 11 is 0. The molecule has 0 unspecified atom stereocenters. The molecule has 0 aliphatic carbocycles. The predicted molar refractivity (Wildman–Crippen MR) is 86.5 cm³/mol. The maximum Gasteiger partial charge on any atom is 0.319 e. The largest absolute Gasteiger partial charge is 0.331 e. The van der Waals surface area contributed by atoms with Gasteiger partial charge in [0.05, 0.1) is 0 Å². The van der Waals surface area contributed by atoms with Gasteiger partial charge in [0.15, 0.2) is 0 Å². The molecule has 1 spiro atoms. The van der Waals surface area contributed by atoms with E-state index in [1.54, 1.807) is 4.90 Å². The van der Waals surface area contributed by atoms with Crippen LogP contribution in [0.1, 0.15) is 24.8 Å². The van der Waals surface area contributed by atoms with Crippen molar-refractivity contribution < 1.29 is 4.79 Å². The highest BCUT2D eigenvalue weighted by atomic mass is 16.2. The average Bonchev–Trinajstić information content (AvgIpc) is 2.91. The van der Waals surface area contributed by atoms with E-state index in [0.717, 1.165) is 45.6 Å². The van der Waals surface area contributed by atoms with Gasteiger partial charge in [-0.3, -0.25) is 9.88 Å². The van der Waals surface area contributed by atoms with Crippen molar-refractivity contribution in [3.8, 4) is 0 Å². The molecule has 0 radical (unpaired) electrons. The Balaban J connectivity index is 1.53. The highest BCUT2D eigenvalue weighted by Crippen LogP contribution is 2.40. The number of nitrogens with zero attached hydrogens (tertiary/aromatic N) is 4. The number of carbonyl (C=O) groups is 1. The van der Waals surface area contributed by atoms with Crippen LogP contribution >= 0.6 is 0 Å². The van der Waals surface area contributed by atoms with Crippen LogP contribution < -0.4 is 0 Å². The fourth-order valence-electron chi connectivity index (χ4n) is 3.78. The molecule has 3 rings (SSSR count). The molecule has 0 atom stereocenters. The third-order valence-electron chi connectivity index (χ3n) is 5.12. The third-order valence-corrected chi connectivity index (χ3v) is 5.12. The van der Waals surface area contributed by atoms with Gasteiger partial charge < -0.3 is 9.80 Å². The second kappa shape index (κ2) is 6.24. The number of rotatable bonds is 2. The summed E-state index contributed by atoms with van der Waals surface area (Å²) in [6, 6.07) is 4.31. The summed E-state index contributed by atoms with van der Waals surface area (Å²) in [5, 5.41) is 0. The van der Waals surface area contributed by atoms with Crippen molar-refractivity contribution in [3.63, 3.8) is 0 Å². The number of likely N-dealkylation sites (tertiary alicyclic amines) is 2. The van der Waals surface area contributed by atoms with Crippen LogP contribution in [-0.2, 0) is 6.54 Å². The lowest BCUT2D eigenvalue weighted by molar-refractivity contribution is 0.106. The quantitative estimate of drug-likeness (QED) is 0.839. The molecular weight excluding hydrogens is 276 g/mol. The number of pyridine rings is 1. The number of piperidine rings is 1. The molecule has 1 aromatic heterocycles. The predicted octanol–water partition coefficient (Wildman–Crippen LogP) is 2.05. The lowest BCUT2D eigenvalue weighted by Crippen LogP contribution is -2.47. The smallest absolute Gasteiger partial charge is 0.319 e. The van der Waals surface area contributed by atoms with Gasteiger partial charge in [-0.15, -0.1) is 0 Å². The number of urea groups is 1. The van der Waals surface area contributed by atoms with Crippen molar-refractivity contribution >= 4 is 6.03 Å². The maximum atomic E-state index is 12.0. The second-order valence-corrected chi connectivity index (χ2v) is 6.99. The normalized spacial score (nSPS) is 21.3. The highest BCUT2D eigenvalue weighted by Gasteiger charge is 2.41. The summed E-state index contributed by atoms with van der Waals surface area (Å²) in [7, 11) is 3.66. The molecule has 120 valence electrons. The zero-order valence-corrected chi connectivity index (χ0v) is 13.7. The fraction of sp³-hybridized carbons (Fsp3) is 0.647. The van der Waals surface area contributed by atoms with Gasteiger partial charge in [0, 0.05) is 52.7 Å². The van der Waals surface area contributed by atoms with Gasteiger partial charge in [-0.2, -0.15) is 0 Å². The van der Waals surface area contributed by atoms with E-state index < -0.39 is 0 Å². The topological polar surface area (TPSA) is 39.7 Å². The SMILES string of the molecule is CN(C)C(=O)N1CCC2(CCN(Cc3cccnc3)C2)CC1. The first kappa shape index (κ1) is 15.3. The maximum absolute atomic E-state index is 12.0. The molecule has 0 aromatic carbocycles. The zero-order valence-electron chi connectivity index (χ0n) is 13.7. The van der Waals surface area contributed by atoms with Gasteiger partial charge in [0.1, 0.15) is 0 Å². The van der Waals surface area contributed by atoms with Crippen molar-refractivity contribution in [3.05, 3.63) is 30.1 Å². The van der Waals surface area contributed by atoms with Gasteiger partial charge in [0.2, 0.25) is 0 Å². The Bertz CT molecular complexity index is 509. The van der Waals surface area contributed by atoms with Crippen LogP contribution in [0.25, 0.3) is 0 Å². The van der Waals surface area contributed by atoms with Gasteiger partial charge >= 0.3 is 6.03 Å². The van der Waals surface area contributed by atoms with Gasteiger partial charge in [0.25, 0.3) is 0 Å². The Hall–Kier alpha value is -1.62. The molecule has 5 nitrogen and oxygen atoms in total. The minimum Gasteiger partial charge on any atom is -0.331 e. The van der Waals surface area contributed by atoms with E-state index in [-0.39, 0.29) is 6.03 Å². The number of hydrogen-bond acceptors (Lipinski definition) is 3. The molecule has 0 N–H and O–H groups in total. The van der Waals surface area contributed by atoms with Crippen LogP contribution in [-0.4, -0.2) is 66.0 Å². The summed E-state index contributed by atoms with van der Waals surface area (Å²) in [4.78, 5) is 22.5. The summed E-state index contributed by atoms with van der Waals surface area (Å²) in [5.41, 5.74) is 1.71. The Morgan fingerprint density at radius 2 is 2.00 bits per heavy atom. The number of carbonyl (C=O) groups excluding carboxylic acids is 1. The first-order chi connectivity index (χ1) is 10.6. The van der Waals surface area contributed by atoms with E-state index in [9.17, 15) is 4.79 Å². The van der Waals surface area contributed by atoms with E-state index >= 15 is 0 Å². The first-order valence-corrected chi connectivity index (χ1v) is 8.16. The van der Waals surface area contributed by atoms with E-state index in [2.05, 4.69) is 16.0 Å². The summed E-state index contributed by atoms with van der Waals surface area (Å²) in [5.74, 6) is 0. The number of aromatic nitrogens is 1. The Morgan fingerprint density at radius 1 is 1.27 bits per heavy atom. The lowest BCUT2D eigenvalue weighted by Gasteiger charge is -2.40. The molecule has 2 fully saturated rings. The zero-order chi connectivity index (χ0) is 15.6. The van der Waals surface area contributed by atoms with E-state index in [1.165, 1.54) is 12.0 Å². The molecule has 0 bridgehead atoms. The van der Waals surface area contributed by atoms with Crippen LogP contribution in [0.15, 0.2) is 24.5 Å². The molecule has 2 amide bonds. The Morgan fingerprint density at radius 3 is 2.64 bits per heavy atom. The second-order valence-electron chi connectivity index (χ2n) is 6.99. The molecule has 1 aromatic rings. The van der Waals surface area contributed by atoms with Crippen molar-refractivity contribution in [1.82, 2.24) is 19.7 Å². The van der Waals surface area contributed by atoms with Gasteiger partial charge in [-0.1, -0.05) is 6.07 Å². The lowest BCUT2D eigenvalue weighted by atomic mass is 9.78. The van der Waals surface area contributed by atoms with E-state index in [4.69, 9.17) is 0 Å². The molecule has 22 heavy (non-hydrogen) atoms. The third kappa shape index (κ3) is 3.24. The number of hydrogen-bond donors (Lipinski definition) is 0. The van der Waals surface area contributed by atoms with Crippen LogP contribution in [0.4, 0.5) is 4.79 Å². The van der Waals surface area contributed by atoms with Crippen molar-refractivity contribution in [2.24, 2.45) is 5.41 Å². The number of amides is 2. The van der Waals surface area contributed by atoms with Crippen LogP contribution in [0.3, 0.4) is 0 Å². The van der Waals surface area contributed by atoms with E-state index in [1.807, 2.05) is 37.5 Å². The van der Waals surface area contributed by atoms with Gasteiger partial charge in [-0.05, 0) is 42.9 Å². The van der Waals surface area contributed by atoms with Crippen LogP contribution in [0.5, 0.6) is 0 Å². The van der Waals surface area contributed by atoms with Crippen molar-refractivity contribution in [1.29, 1.82) is 0 Å². The molecule has 2 aliphatic heterocycles. The van der Waals surface area contributed by atoms with Crippen molar-refractivity contribution in [2.45, 2.75) is 25.8 Å². The van der Waals surface area contributed by atoms with Crippen LogP contribution in [0, 0.1) is 5.41 Å². The van der Waals surface area contributed by atoms with Crippen LogP contribution in [0.2, 0.25) is 0 Å². The fourth-order valence-corrected chi connectivity index (χ4v) is 3.78. The average molecular weight is 302 g/mol. The Kier molecular flexibility index (Phi) is 4.34. The highest BCUT2D eigenvalue weighted by molar-refractivity contribution is 5.73. The summed E-state index contributed by atoms with van der Waals surface area (Å²) < 4.78 is 0. The molecule has 2 aliphatic rings. The molecule has 5 heteroatoms.